The van der Waals surface area contributed by atoms with Crippen LogP contribution in [-0.2, 0) is 6.42 Å². The van der Waals surface area contributed by atoms with E-state index in [1.165, 1.54) is 0 Å². The summed E-state index contributed by atoms with van der Waals surface area (Å²) in [4.78, 5) is 0. The average molecular weight is 374 g/mol. The van der Waals surface area contributed by atoms with E-state index in [0.717, 1.165) is 23.2 Å². The summed E-state index contributed by atoms with van der Waals surface area (Å²) in [5, 5.41) is 8.53. The van der Waals surface area contributed by atoms with Crippen molar-refractivity contribution in [3.8, 4) is 0 Å². The van der Waals surface area contributed by atoms with Crippen LogP contribution < -0.4 is 10.6 Å². The summed E-state index contributed by atoms with van der Waals surface area (Å²) in [6, 6.07) is 11.4. The molecule has 0 aromatic heterocycles. The highest BCUT2D eigenvalue weighted by atomic mass is 35.5. The van der Waals surface area contributed by atoms with Crippen molar-refractivity contribution in [3.63, 3.8) is 0 Å². The minimum absolute atomic E-state index is 0.533. The number of thiocarbonyl (C=S) groups is 1. The number of benzene rings is 2. The van der Waals surface area contributed by atoms with Gasteiger partial charge in [-0.3, -0.25) is 0 Å². The molecule has 0 saturated carbocycles. The highest BCUT2D eigenvalue weighted by molar-refractivity contribution is 7.80. The second-order valence-electron chi connectivity index (χ2n) is 4.86. The van der Waals surface area contributed by atoms with Crippen LogP contribution in [-0.4, -0.2) is 11.7 Å². The van der Waals surface area contributed by atoms with E-state index in [0.29, 0.717) is 26.7 Å². The van der Waals surface area contributed by atoms with Gasteiger partial charge in [-0.05, 0) is 61.0 Å². The van der Waals surface area contributed by atoms with E-state index in [4.69, 9.17) is 47.0 Å². The monoisotopic (exact) mass is 372 g/mol. The Morgan fingerprint density at radius 3 is 2.45 bits per heavy atom. The van der Waals surface area contributed by atoms with Crippen molar-refractivity contribution in [3.05, 3.63) is 62.6 Å². The molecule has 2 aromatic rings. The number of hydrogen-bond acceptors (Lipinski definition) is 1. The molecule has 0 aliphatic carbocycles. The van der Waals surface area contributed by atoms with Gasteiger partial charge in [0.15, 0.2) is 5.11 Å². The molecule has 2 nitrogen and oxygen atoms in total. The van der Waals surface area contributed by atoms with Crippen molar-refractivity contribution in [2.75, 3.05) is 11.9 Å². The zero-order valence-electron chi connectivity index (χ0n) is 11.9. The topological polar surface area (TPSA) is 24.1 Å². The molecule has 0 bridgehead atoms. The van der Waals surface area contributed by atoms with Crippen molar-refractivity contribution in [2.45, 2.75) is 13.3 Å². The number of nitrogens with one attached hydrogen (secondary N) is 2. The van der Waals surface area contributed by atoms with Gasteiger partial charge in [0.1, 0.15) is 0 Å². The molecule has 0 atom stereocenters. The number of halogens is 3. The molecule has 0 unspecified atom stereocenters. The van der Waals surface area contributed by atoms with Gasteiger partial charge in [-0.1, -0.05) is 46.9 Å². The van der Waals surface area contributed by atoms with E-state index in [2.05, 4.69) is 10.6 Å². The van der Waals surface area contributed by atoms with Gasteiger partial charge in [-0.15, -0.1) is 0 Å². The first-order valence-corrected chi connectivity index (χ1v) is 8.25. The maximum atomic E-state index is 6.16. The van der Waals surface area contributed by atoms with Crippen molar-refractivity contribution in [2.24, 2.45) is 0 Å². The van der Waals surface area contributed by atoms with Crippen molar-refractivity contribution in [1.29, 1.82) is 0 Å². The molecule has 0 saturated heterocycles. The molecule has 0 aliphatic rings. The maximum absolute atomic E-state index is 6.16. The highest BCUT2D eigenvalue weighted by Gasteiger charge is 2.03. The van der Waals surface area contributed by atoms with E-state index >= 15 is 0 Å². The fourth-order valence-electron chi connectivity index (χ4n) is 1.90. The smallest absolute Gasteiger partial charge is 0.170 e. The van der Waals surface area contributed by atoms with Gasteiger partial charge < -0.3 is 10.6 Å². The van der Waals surface area contributed by atoms with Gasteiger partial charge in [-0.2, -0.15) is 0 Å². The van der Waals surface area contributed by atoms with Gasteiger partial charge in [0.05, 0.1) is 20.8 Å². The minimum Gasteiger partial charge on any atom is -0.362 e. The van der Waals surface area contributed by atoms with Crippen LogP contribution in [0.3, 0.4) is 0 Å². The van der Waals surface area contributed by atoms with Crippen LogP contribution in [0.4, 0.5) is 5.69 Å². The number of rotatable bonds is 4. The van der Waals surface area contributed by atoms with E-state index in [1.54, 1.807) is 6.07 Å². The molecule has 0 radical (unpaired) electrons. The molecule has 0 fully saturated rings. The van der Waals surface area contributed by atoms with Gasteiger partial charge in [0, 0.05) is 6.54 Å². The Bertz CT molecular complexity index is 689. The predicted molar refractivity (Wildman–Crippen MR) is 101 cm³/mol. The van der Waals surface area contributed by atoms with Gasteiger partial charge in [0.2, 0.25) is 0 Å². The lowest BCUT2D eigenvalue weighted by molar-refractivity contribution is 0.873. The normalized spacial score (nSPS) is 10.4. The Balaban J connectivity index is 1.83. The summed E-state index contributed by atoms with van der Waals surface area (Å²) in [5.74, 6) is 0. The molecule has 2 aromatic carbocycles. The Morgan fingerprint density at radius 2 is 1.77 bits per heavy atom. The van der Waals surface area contributed by atoms with Crippen LogP contribution >= 0.6 is 47.0 Å². The Kier molecular flexibility index (Phi) is 6.33. The minimum atomic E-state index is 0.533. The quantitative estimate of drug-likeness (QED) is 0.693. The molecule has 116 valence electrons. The number of hydrogen-bond donors (Lipinski definition) is 2. The van der Waals surface area contributed by atoms with E-state index in [-0.39, 0.29) is 0 Å². The largest absolute Gasteiger partial charge is 0.362 e. The van der Waals surface area contributed by atoms with E-state index < -0.39 is 0 Å². The Hall–Kier alpha value is -1.000. The molecule has 0 heterocycles. The predicted octanol–water partition coefficient (Wildman–Crippen LogP) is 5.48. The van der Waals surface area contributed by atoms with Crippen molar-refractivity contribution in [1.82, 2.24) is 5.32 Å². The fourth-order valence-corrected chi connectivity index (χ4v) is 2.72. The third-order valence-corrected chi connectivity index (χ3v) is 4.35. The van der Waals surface area contributed by atoms with Crippen LogP contribution in [0.5, 0.6) is 0 Å². The van der Waals surface area contributed by atoms with Crippen LogP contribution in [0.1, 0.15) is 11.1 Å². The average Bonchev–Trinajstić information content (AvgIpc) is 2.46. The standard InChI is InChI=1S/C16H15Cl3N2S/c1-10-2-5-15(14(19)8-10)21-16(22)20-7-6-11-3-4-12(17)13(18)9-11/h2-5,8-9H,6-7H2,1H3,(H2,20,21,22). The Labute approximate surface area is 150 Å². The molecule has 0 spiro atoms. The van der Waals surface area contributed by atoms with Crippen LogP contribution in [0.25, 0.3) is 0 Å². The summed E-state index contributed by atoms with van der Waals surface area (Å²) < 4.78 is 0. The summed E-state index contributed by atoms with van der Waals surface area (Å²) in [6.07, 6.45) is 0.792. The van der Waals surface area contributed by atoms with Gasteiger partial charge >= 0.3 is 0 Å². The lowest BCUT2D eigenvalue weighted by Gasteiger charge is -2.12. The second-order valence-corrected chi connectivity index (χ2v) is 6.49. The zero-order valence-corrected chi connectivity index (χ0v) is 15.0. The van der Waals surface area contributed by atoms with E-state index in [9.17, 15) is 0 Å². The molecule has 6 heteroatoms. The summed E-state index contributed by atoms with van der Waals surface area (Å²) in [6.45, 7) is 2.68. The molecule has 2 N–H and O–H groups in total. The number of aryl methyl sites for hydroxylation is 1. The van der Waals surface area contributed by atoms with Crippen molar-refractivity contribution < 1.29 is 0 Å². The van der Waals surface area contributed by atoms with Crippen LogP contribution in [0.15, 0.2) is 36.4 Å². The molecule has 0 amide bonds. The second kappa shape index (κ2) is 8.02. The maximum Gasteiger partial charge on any atom is 0.170 e. The fraction of sp³-hybridized carbons (Fsp3) is 0.188. The third-order valence-electron chi connectivity index (χ3n) is 3.06. The lowest BCUT2D eigenvalue weighted by Crippen LogP contribution is -2.30. The molecular weight excluding hydrogens is 359 g/mol. The highest BCUT2D eigenvalue weighted by Crippen LogP contribution is 2.23. The van der Waals surface area contributed by atoms with E-state index in [1.807, 2.05) is 37.3 Å². The SMILES string of the molecule is Cc1ccc(NC(=S)NCCc2ccc(Cl)c(Cl)c2)c(Cl)c1. The first-order chi connectivity index (χ1) is 10.5. The first-order valence-electron chi connectivity index (χ1n) is 6.70. The summed E-state index contributed by atoms with van der Waals surface area (Å²) in [7, 11) is 0. The molecule has 0 aliphatic heterocycles. The number of anilines is 1. The van der Waals surface area contributed by atoms with Crippen molar-refractivity contribution >= 4 is 57.8 Å². The van der Waals surface area contributed by atoms with Crippen LogP contribution in [0.2, 0.25) is 15.1 Å². The zero-order chi connectivity index (χ0) is 16.1. The summed E-state index contributed by atoms with van der Waals surface area (Å²) >= 11 is 23.3. The Morgan fingerprint density at radius 1 is 1.00 bits per heavy atom. The molecule has 22 heavy (non-hydrogen) atoms. The third kappa shape index (κ3) is 5.03. The molecule has 2 rings (SSSR count). The first kappa shape index (κ1) is 17.4. The van der Waals surface area contributed by atoms with Gasteiger partial charge in [0.25, 0.3) is 0 Å². The molecular formula is C16H15Cl3N2S. The van der Waals surface area contributed by atoms with Gasteiger partial charge in [-0.25, -0.2) is 0 Å². The summed E-state index contributed by atoms with van der Waals surface area (Å²) in [5.41, 5.74) is 2.99. The lowest BCUT2D eigenvalue weighted by atomic mass is 10.1. The van der Waals surface area contributed by atoms with Crippen LogP contribution in [0, 0.1) is 6.92 Å².